The first kappa shape index (κ1) is 14.5. The minimum absolute atomic E-state index is 0.00575. The summed E-state index contributed by atoms with van der Waals surface area (Å²) < 4.78 is 23.1. The summed E-state index contributed by atoms with van der Waals surface area (Å²) in [4.78, 5) is 0.254. The van der Waals surface area contributed by atoms with Crippen LogP contribution in [-0.4, -0.2) is 8.42 Å². The number of rotatable bonds is 1. The van der Waals surface area contributed by atoms with Gasteiger partial charge in [0.1, 0.15) is 0 Å². The summed E-state index contributed by atoms with van der Waals surface area (Å²) in [5, 5.41) is 0. The molecule has 0 fully saturated rings. The van der Waals surface area contributed by atoms with Crippen LogP contribution in [0.5, 0.6) is 0 Å². The smallest absolute Gasteiger partial charge is 0.207 e. The van der Waals surface area contributed by atoms with Crippen LogP contribution in [-0.2, 0) is 14.5 Å². The molecular weight excluding hydrogens is 256 g/mol. The maximum absolute atomic E-state index is 11.6. The molecule has 0 amide bonds. The second kappa shape index (κ2) is 4.29. The van der Waals surface area contributed by atoms with E-state index >= 15 is 0 Å². The van der Waals surface area contributed by atoms with E-state index in [1.165, 1.54) is 0 Å². The third-order valence-corrected chi connectivity index (χ3v) is 4.66. The fraction of sp³-hybridized carbons (Fsp3) is 0.538. The Balaban J connectivity index is 3.72. The number of halogens is 1. The molecule has 0 aromatic heterocycles. The summed E-state index contributed by atoms with van der Waals surface area (Å²) in [6.45, 7) is 11.9. The third kappa shape index (κ3) is 2.83. The monoisotopic (exact) mass is 274 g/mol. The Hall–Kier alpha value is -0.540. The maximum atomic E-state index is 11.6. The first-order chi connectivity index (χ1) is 7.46. The summed E-state index contributed by atoms with van der Waals surface area (Å²) in [6.07, 6.45) is 0. The Labute approximate surface area is 108 Å². The highest BCUT2D eigenvalue weighted by Crippen LogP contribution is 2.34. The highest BCUT2D eigenvalue weighted by atomic mass is 35.7. The topological polar surface area (TPSA) is 34.1 Å². The van der Waals surface area contributed by atoms with Gasteiger partial charge < -0.3 is 0 Å². The lowest BCUT2D eigenvalue weighted by molar-refractivity contribution is 0.581. The lowest BCUT2D eigenvalue weighted by atomic mass is 9.82. The Morgan fingerprint density at radius 2 is 1.53 bits per heavy atom. The largest absolute Gasteiger partial charge is 0.261 e. The molecule has 0 unspecified atom stereocenters. The lowest BCUT2D eigenvalue weighted by Crippen LogP contribution is -2.16. The Bertz CT molecular complexity index is 552. The molecule has 4 heteroatoms. The molecule has 0 saturated carbocycles. The summed E-state index contributed by atoms with van der Waals surface area (Å²) in [7, 11) is 1.80. The lowest BCUT2D eigenvalue weighted by Gasteiger charge is -2.25. The minimum Gasteiger partial charge on any atom is -0.207 e. The molecule has 1 aromatic rings. The van der Waals surface area contributed by atoms with Crippen molar-refractivity contribution in [3.05, 3.63) is 28.3 Å². The zero-order chi connectivity index (χ0) is 13.6. The molecular formula is C13H19ClO2S. The molecule has 1 aromatic carbocycles. The van der Waals surface area contributed by atoms with Gasteiger partial charge in [0, 0.05) is 10.7 Å². The van der Waals surface area contributed by atoms with E-state index < -0.39 is 9.05 Å². The molecule has 0 radical (unpaired) electrons. The van der Waals surface area contributed by atoms with E-state index in [-0.39, 0.29) is 10.3 Å². The predicted octanol–water partition coefficient (Wildman–Crippen LogP) is 3.84. The van der Waals surface area contributed by atoms with Gasteiger partial charge in [-0.25, -0.2) is 8.42 Å². The van der Waals surface area contributed by atoms with Crippen LogP contribution in [0.3, 0.4) is 0 Å². The van der Waals surface area contributed by atoms with E-state index in [4.69, 9.17) is 10.7 Å². The van der Waals surface area contributed by atoms with Gasteiger partial charge in [-0.05, 0) is 48.4 Å². The van der Waals surface area contributed by atoms with Gasteiger partial charge in [-0.1, -0.05) is 26.8 Å². The van der Waals surface area contributed by atoms with E-state index in [9.17, 15) is 8.42 Å². The van der Waals surface area contributed by atoms with Crippen LogP contribution in [0, 0.1) is 20.8 Å². The van der Waals surface area contributed by atoms with Gasteiger partial charge >= 0.3 is 0 Å². The Morgan fingerprint density at radius 1 is 1.06 bits per heavy atom. The quantitative estimate of drug-likeness (QED) is 0.729. The zero-order valence-electron chi connectivity index (χ0n) is 11.2. The average molecular weight is 275 g/mol. The van der Waals surface area contributed by atoms with Crippen molar-refractivity contribution in [2.24, 2.45) is 0 Å². The van der Waals surface area contributed by atoms with Gasteiger partial charge in [0.05, 0.1) is 4.90 Å². The van der Waals surface area contributed by atoms with Gasteiger partial charge in [-0.3, -0.25) is 0 Å². The van der Waals surface area contributed by atoms with Crippen LogP contribution in [0.15, 0.2) is 11.0 Å². The normalized spacial score (nSPS) is 12.9. The molecule has 0 spiro atoms. The first-order valence-electron chi connectivity index (χ1n) is 5.52. The molecule has 1 rings (SSSR count). The van der Waals surface area contributed by atoms with E-state index in [0.29, 0.717) is 5.56 Å². The molecule has 0 atom stereocenters. The fourth-order valence-corrected chi connectivity index (χ4v) is 3.89. The Morgan fingerprint density at radius 3 is 1.88 bits per heavy atom. The van der Waals surface area contributed by atoms with E-state index in [0.717, 1.165) is 16.7 Å². The molecule has 0 aliphatic rings. The minimum atomic E-state index is -3.68. The van der Waals surface area contributed by atoms with Crippen LogP contribution in [0.25, 0.3) is 0 Å². The summed E-state index contributed by atoms with van der Waals surface area (Å²) in [5.41, 5.74) is 3.63. The SMILES string of the molecule is Cc1cc(C(C)(C)C)c(C)c(C)c1S(=O)(=O)Cl. The summed E-state index contributed by atoms with van der Waals surface area (Å²) >= 11 is 0. The van der Waals surface area contributed by atoms with Gasteiger partial charge in [-0.15, -0.1) is 0 Å². The summed E-state index contributed by atoms with van der Waals surface area (Å²) in [5.74, 6) is 0. The first-order valence-corrected chi connectivity index (χ1v) is 7.83. The molecule has 2 nitrogen and oxygen atoms in total. The Kier molecular flexibility index (Phi) is 3.66. The van der Waals surface area contributed by atoms with Crippen molar-refractivity contribution in [1.29, 1.82) is 0 Å². The van der Waals surface area contributed by atoms with Crippen molar-refractivity contribution in [2.45, 2.75) is 51.9 Å². The van der Waals surface area contributed by atoms with Crippen LogP contribution in [0.2, 0.25) is 0 Å². The molecule has 0 aliphatic carbocycles. The van der Waals surface area contributed by atoms with Gasteiger partial charge in [-0.2, -0.15) is 0 Å². The van der Waals surface area contributed by atoms with Gasteiger partial charge in [0.15, 0.2) is 0 Å². The number of hydrogen-bond acceptors (Lipinski definition) is 2. The number of benzene rings is 1. The summed E-state index contributed by atoms with van der Waals surface area (Å²) in [6, 6.07) is 1.93. The highest BCUT2D eigenvalue weighted by molar-refractivity contribution is 8.13. The zero-order valence-corrected chi connectivity index (χ0v) is 12.8. The van der Waals surface area contributed by atoms with E-state index in [1.54, 1.807) is 6.92 Å². The van der Waals surface area contributed by atoms with Crippen molar-refractivity contribution in [1.82, 2.24) is 0 Å². The molecule has 0 heterocycles. The van der Waals surface area contributed by atoms with Crippen molar-refractivity contribution >= 4 is 19.7 Å². The maximum Gasteiger partial charge on any atom is 0.261 e. The highest BCUT2D eigenvalue weighted by Gasteiger charge is 2.24. The standard InChI is InChI=1S/C13H19ClO2S/c1-8-7-11(13(4,5)6)9(2)10(3)12(8)17(14,15)16/h7H,1-6H3. The second-order valence-electron chi connectivity index (χ2n) is 5.51. The van der Waals surface area contributed by atoms with E-state index in [1.807, 2.05) is 19.9 Å². The van der Waals surface area contributed by atoms with Crippen LogP contribution in [0.4, 0.5) is 0 Å². The molecule has 17 heavy (non-hydrogen) atoms. The van der Waals surface area contributed by atoms with Gasteiger partial charge in [0.2, 0.25) is 0 Å². The van der Waals surface area contributed by atoms with Crippen molar-refractivity contribution < 1.29 is 8.42 Å². The molecule has 0 bridgehead atoms. The van der Waals surface area contributed by atoms with Crippen LogP contribution < -0.4 is 0 Å². The van der Waals surface area contributed by atoms with Crippen LogP contribution in [0.1, 0.15) is 43.0 Å². The number of aryl methyl sites for hydroxylation is 1. The van der Waals surface area contributed by atoms with Crippen LogP contribution >= 0.6 is 10.7 Å². The van der Waals surface area contributed by atoms with Crippen molar-refractivity contribution in [3.63, 3.8) is 0 Å². The molecule has 0 aliphatic heterocycles. The molecule has 0 N–H and O–H groups in total. The van der Waals surface area contributed by atoms with Gasteiger partial charge in [0.25, 0.3) is 9.05 Å². The average Bonchev–Trinajstić information content (AvgIpc) is 2.07. The fourth-order valence-electron chi connectivity index (χ4n) is 2.21. The predicted molar refractivity (Wildman–Crippen MR) is 72.4 cm³/mol. The van der Waals surface area contributed by atoms with Crippen molar-refractivity contribution in [2.75, 3.05) is 0 Å². The number of hydrogen-bond donors (Lipinski definition) is 0. The third-order valence-electron chi connectivity index (χ3n) is 3.08. The molecule has 0 saturated heterocycles. The van der Waals surface area contributed by atoms with E-state index in [2.05, 4.69) is 20.8 Å². The molecule has 96 valence electrons. The van der Waals surface area contributed by atoms with Crippen molar-refractivity contribution in [3.8, 4) is 0 Å². The second-order valence-corrected chi connectivity index (χ2v) is 8.01.